The highest BCUT2D eigenvalue weighted by atomic mass is 19.4. The molecule has 21 heteroatoms. The molecule has 4 rings (SSSR count). The molecule has 4 N–H and O–H groups in total. The number of likely N-dealkylation sites (tertiary alicyclic amines) is 1. The molecule has 286 valence electrons. The van der Waals surface area contributed by atoms with Gasteiger partial charge in [0, 0.05) is 51.7 Å². The number of carbonyl (C=O) groups excluding carboxylic acids is 1. The van der Waals surface area contributed by atoms with Gasteiger partial charge in [-0.05, 0) is 44.0 Å². The second-order valence-electron chi connectivity index (χ2n) is 11.2. The summed E-state index contributed by atoms with van der Waals surface area (Å²) in [6, 6.07) is 12.4. The maximum absolute atomic E-state index is 12.8. The van der Waals surface area contributed by atoms with Crippen molar-refractivity contribution in [1.29, 1.82) is 0 Å². The van der Waals surface area contributed by atoms with Crippen LogP contribution in [0.4, 0.5) is 39.5 Å². The summed E-state index contributed by atoms with van der Waals surface area (Å²) in [7, 11) is 2.09. The van der Waals surface area contributed by atoms with Crippen LogP contribution in [0.5, 0.6) is 0 Å². The number of aromatic nitrogens is 1. The van der Waals surface area contributed by atoms with E-state index in [4.69, 9.17) is 34.4 Å². The van der Waals surface area contributed by atoms with Crippen molar-refractivity contribution in [1.82, 2.24) is 20.1 Å². The Morgan fingerprint density at radius 2 is 1.31 bits per heavy atom. The van der Waals surface area contributed by atoms with Crippen LogP contribution in [0.2, 0.25) is 0 Å². The zero-order valence-electron chi connectivity index (χ0n) is 27.0. The summed E-state index contributed by atoms with van der Waals surface area (Å²) in [5.41, 5.74) is 3.34. The molecular formula is C30H35F9N4O8. The third-order valence-corrected chi connectivity index (χ3v) is 6.93. The number of likely N-dealkylation sites (N-methyl/N-ethyl adjacent to an activating group) is 1. The maximum atomic E-state index is 12.8. The zero-order chi connectivity index (χ0) is 39.2. The quantitative estimate of drug-likeness (QED) is 0.322. The van der Waals surface area contributed by atoms with Crippen LogP contribution in [0.1, 0.15) is 29.5 Å². The van der Waals surface area contributed by atoms with Gasteiger partial charge >= 0.3 is 36.4 Å². The first-order valence-electron chi connectivity index (χ1n) is 14.6. The molecule has 0 bridgehead atoms. The minimum Gasteiger partial charge on any atom is -0.475 e. The number of amides is 1. The molecule has 2 aliphatic rings. The molecule has 12 nitrogen and oxygen atoms in total. The van der Waals surface area contributed by atoms with Crippen LogP contribution in [0.25, 0.3) is 0 Å². The van der Waals surface area contributed by atoms with E-state index in [9.17, 15) is 44.3 Å². The Labute approximate surface area is 284 Å². The van der Waals surface area contributed by atoms with Gasteiger partial charge in [0.1, 0.15) is 6.10 Å². The third-order valence-electron chi connectivity index (χ3n) is 6.93. The van der Waals surface area contributed by atoms with Crippen molar-refractivity contribution >= 4 is 23.8 Å². The summed E-state index contributed by atoms with van der Waals surface area (Å²) in [5, 5.41) is 24.4. The molecule has 1 aromatic heterocycles. The van der Waals surface area contributed by atoms with Crippen LogP contribution in [-0.4, -0.2) is 117 Å². The van der Waals surface area contributed by atoms with Crippen molar-refractivity contribution in [3.05, 3.63) is 65.5 Å². The Bertz CT molecular complexity index is 1360. The van der Waals surface area contributed by atoms with Crippen LogP contribution in [0, 0.1) is 6.92 Å². The molecule has 2 aliphatic heterocycles. The van der Waals surface area contributed by atoms with Gasteiger partial charge in [0.15, 0.2) is 0 Å². The lowest BCUT2D eigenvalue weighted by molar-refractivity contribution is -0.193. The predicted octanol–water partition coefficient (Wildman–Crippen LogP) is 4.27. The number of ether oxygens (including phenoxy) is 1. The molecule has 1 atom stereocenters. The average molecular weight is 751 g/mol. The van der Waals surface area contributed by atoms with Gasteiger partial charge in [-0.3, -0.25) is 14.7 Å². The van der Waals surface area contributed by atoms with Gasteiger partial charge in [0.25, 0.3) is 5.91 Å². The van der Waals surface area contributed by atoms with Gasteiger partial charge in [-0.15, -0.1) is 0 Å². The molecule has 2 aromatic rings. The number of hydrogen-bond acceptors (Lipinski definition) is 8. The number of halogens is 9. The van der Waals surface area contributed by atoms with Crippen molar-refractivity contribution in [2.45, 2.75) is 63.1 Å². The van der Waals surface area contributed by atoms with E-state index >= 15 is 0 Å². The van der Waals surface area contributed by atoms with Gasteiger partial charge in [-0.2, -0.15) is 39.5 Å². The van der Waals surface area contributed by atoms with E-state index in [1.807, 2.05) is 18.5 Å². The molecule has 2 fully saturated rings. The van der Waals surface area contributed by atoms with Crippen LogP contribution in [-0.2, 0) is 37.0 Å². The first-order chi connectivity index (χ1) is 23.3. The lowest BCUT2D eigenvalue weighted by atomic mass is 9.88. The molecule has 2 saturated heterocycles. The number of rotatable bonds is 5. The molecule has 0 radical (unpaired) electrons. The fourth-order valence-corrected chi connectivity index (χ4v) is 4.51. The first kappa shape index (κ1) is 44.5. The SMILES string of the molecule is Cc1ccc(CNC(=O)C2CN(C)CC3(CCN(Cc4cccnc4)CC3)O2)cc1.O=C(O)C(F)(F)F.O=C(O)C(F)(F)F.O=C(O)C(F)(F)F. The highest BCUT2D eigenvalue weighted by molar-refractivity contribution is 5.81. The summed E-state index contributed by atoms with van der Waals surface area (Å²) in [6.45, 7) is 6.99. The Morgan fingerprint density at radius 1 is 0.843 bits per heavy atom. The minimum absolute atomic E-state index is 0.0145. The number of carboxylic acid groups (broad SMARTS) is 3. The summed E-state index contributed by atoms with van der Waals surface area (Å²) >= 11 is 0. The monoisotopic (exact) mass is 750 g/mol. The maximum Gasteiger partial charge on any atom is 0.490 e. The number of hydrogen-bond donors (Lipinski definition) is 4. The van der Waals surface area contributed by atoms with E-state index < -0.39 is 42.5 Å². The lowest BCUT2D eigenvalue weighted by Gasteiger charge is -2.48. The number of aliphatic carboxylic acids is 3. The van der Waals surface area contributed by atoms with Gasteiger partial charge in [-0.25, -0.2) is 14.4 Å². The Kier molecular flexibility index (Phi) is 16.8. The van der Waals surface area contributed by atoms with Crippen molar-refractivity contribution in [3.63, 3.8) is 0 Å². The highest BCUT2D eigenvalue weighted by Gasteiger charge is 2.44. The van der Waals surface area contributed by atoms with E-state index in [-0.39, 0.29) is 11.5 Å². The predicted molar refractivity (Wildman–Crippen MR) is 158 cm³/mol. The molecule has 3 heterocycles. The summed E-state index contributed by atoms with van der Waals surface area (Å²) < 4.78 is 102. The van der Waals surface area contributed by atoms with Crippen molar-refractivity contribution < 1.29 is 78.7 Å². The molecule has 51 heavy (non-hydrogen) atoms. The van der Waals surface area contributed by atoms with E-state index in [0.717, 1.165) is 44.6 Å². The molecule has 1 amide bonds. The van der Waals surface area contributed by atoms with Gasteiger partial charge in [0.2, 0.25) is 0 Å². The fourth-order valence-electron chi connectivity index (χ4n) is 4.51. The molecule has 1 aromatic carbocycles. The Balaban J connectivity index is 0.000000505. The number of nitrogens with zero attached hydrogens (tertiary/aromatic N) is 3. The third kappa shape index (κ3) is 17.3. The van der Waals surface area contributed by atoms with Gasteiger partial charge in [-0.1, -0.05) is 35.9 Å². The number of alkyl halides is 9. The van der Waals surface area contributed by atoms with Crippen molar-refractivity contribution in [3.8, 4) is 0 Å². The smallest absolute Gasteiger partial charge is 0.475 e. The highest BCUT2D eigenvalue weighted by Crippen LogP contribution is 2.32. The lowest BCUT2D eigenvalue weighted by Crippen LogP contribution is -2.61. The summed E-state index contributed by atoms with van der Waals surface area (Å²) in [4.78, 5) is 48.4. The fraction of sp³-hybridized carbons (Fsp3) is 0.500. The van der Waals surface area contributed by atoms with Crippen LogP contribution in [0.15, 0.2) is 48.8 Å². The van der Waals surface area contributed by atoms with Gasteiger partial charge < -0.3 is 30.3 Å². The molecular weight excluding hydrogens is 715 g/mol. The number of carboxylic acids is 3. The van der Waals surface area contributed by atoms with E-state index in [0.29, 0.717) is 13.1 Å². The minimum atomic E-state index is -5.08. The number of pyridine rings is 1. The van der Waals surface area contributed by atoms with Gasteiger partial charge in [0.05, 0.1) is 5.60 Å². The van der Waals surface area contributed by atoms with E-state index in [1.54, 1.807) is 0 Å². The molecule has 0 aliphatic carbocycles. The van der Waals surface area contributed by atoms with Crippen molar-refractivity contribution in [2.75, 3.05) is 33.2 Å². The molecule has 1 spiro atoms. The van der Waals surface area contributed by atoms with Crippen LogP contribution >= 0.6 is 0 Å². The average Bonchev–Trinajstić information content (AvgIpc) is 3.01. The largest absolute Gasteiger partial charge is 0.490 e. The number of benzene rings is 1. The Hall–Kier alpha value is -4.50. The normalized spacial score (nSPS) is 17.7. The Morgan fingerprint density at radius 3 is 1.73 bits per heavy atom. The topological polar surface area (TPSA) is 170 Å². The van der Waals surface area contributed by atoms with E-state index in [1.165, 1.54) is 11.1 Å². The summed E-state index contributed by atoms with van der Waals surface area (Å²) in [6.07, 6.45) is -10.0. The van der Waals surface area contributed by atoms with Crippen LogP contribution < -0.4 is 5.32 Å². The summed E-state index contributed by atoms with van der Waals surface area (Å²) in [5.74, 6) is -8.29. The second kappa shape index (κ2) is 19.2. The molecule has 0 saturated carbocycles. The standard InChI is InChI=1S/C24H32N4O2.3C2HF3O2/c1-19-5-7-20(8-6-19)15-26-23(29)22-17-27(2)18-24(30-22)9-12-28(13-10-24)16-21-4-3-11-25-14-21;3*3-2(4,5)1(6)7/h3-8,11,14,22H,9-10,12-13,15-18H2,1-2H3,(H,26,29);3*(H,6,7). The van der Waals surface area contributed by atoms with Crippen molar-refractivity contribution in [2.24, 2.45) is 0 Å². The molecule has 1 unspecified atom stereocenters. The number of nitrogens with one attached hydrogen (secondary N) is 1. The second-order valence-corrected chi connectivity index (χ2v) is 11.2. The van der Waals surface area contributed by atoms with Crippen LogP contribution in [0.3, 0.4) is 0 Å². The number of aryl methyl sites for hydroxylation is 1. The zero-order valence-corrected chi connectivity index (χ0v) is 27.0. The number of morpholine rings is 1. The number of carbonyl (C=O) groups is 4. The van der Waals surface area contributed by atoms with E-state index in [2.05, 4.69) is 64.4 Å². The number of piperidine rings is 1. The first-order valence-corrected chi connectivity index (χ1v) is 14.6.